The summed E-state index contributed by atoms with van der Waals surface area (Å²) in [6.45, 7) is 5.17. The van der Waals surface area contributed by atoms with Crippen LogP contribution in [0.5, 0.6) is 0 Å². The Bertz CT molecular complexity index is 1500. The Balaban J connectivity index is 1.26. The van der Waals surface area contributed by atoms with Crippen LogP contribution in [0.2, 0.25) is 0 Å². The standard InChI is InChI=1S/C28H28N6/c1-18-10-22(27-15-29-19(2)33(27)3)8-9-26(18)32-28-12-24-11-21(6-7-23(24)13-30-28)25-14-31-34(17-25)16-20-4-5-20/h6-15,17,20H,4-5,16H2,1-3H3,(H,30,32). The van der Waals surface area contributed by atoms with Gasteiger partial charge in [0, 0.05) is 48.2 Å². The molecule has 0 spiro atoms. The van der Waals surface area contributed by atoms with Crippen molar-refractivity contribution >= 4 is 22.3 Å². The summed E-state index contributed by atoms with van der Waals surface area (Å²) >= 11 is 0. The van der Waals surface area contributed by atoms with Gasteiger partial charge in [-0.15, -0.1) is 0 Å². The number of rotatable bonds is 6. The van der Waals surface area contributed by atoms with Crippen LogP contribution in [0.3, 0.4) is 0 Å². The van der Waals surface area contributed by atoms with Crippen molar-refractivity contribution < 1.29 is 0 Å². The van der Waals surface area contributed by atoms with E-state index in [1.807, 2.05) is 32.6 Å². The second-order valence-corrected chi connectivity index (χ2v) is 9.43. The molecule has 1 aliphatic carbocycles. The van der Waals surface area contributed by atoms with E-state index in [0.717, 1.165) is 62.9 Å². The first-order valence-corrected chi connectivity index (χ1v) is 11.8. The molecule has 1 N–H and O–H groups in total. The van der Waals surface area contributed by atoms with Crippen LogP contribution in [0.15, 0.2) is 67.3 Å². The normalized spacial score (nSPS) is 13.5. The van der Waals surface area contributed by atoms with Gasteiger partial charge in [-0.2, -0.15) is 5.10 Å². The summed E-state index contributed by atoms with van der Waals surface area (Å²) in [4.78, 5) is 9.06. The third kappa shape index (κ3) is 3.96. The molecule has 0 bridgehead atoms. The zero-order valence-corrected chi connectivity index (χ0v) is 19.8. The van der Waals surface area contributed by atoms with Crippen LogP contribution in [0.25, 0.3) is 33.2 Å². The van der Waals surface area contributed by atoms with Gasteiger partial charge in [-0.25, -0.2) is 9.97 Å². The predicted molar refractivity (Wildman–Crippen MR) is 137 cm³/mol. The first-order valence-electron chi connectivity index (χ1n) is 11.8. The maximum absolute atomic E-state index is 4.65. The molecule has 5 aromatic rings. The minimum absolute atomic E-state index is 0.815. The maximum atomic E-state index is 4.65. The summed E-state index contributed by atoms with van der Waals surface area (Å²) in [6.07, 6.45) is 10.7. The molecule has 0 saturated heterocycles. The molecule has 0 radical (unpaired) electrons. The highest BCUT2D eigenvalue weighted by Crippen LogP contribution is 2.32. The molecule has 1 fully saturated rings. The fraction of sp³-hybridized carbons (Fsp3) is 0.250. The third-order valence-electron chi connectivity index (χ3n) is 6.84. The Morgan fingerprint density at radius 1 is 0.882 bits per heavy atom. The molecule has 34 heavy (non-hydrogen) atoms. The lowest BCUT2D eigenvalue weighted by Gasteiger charge is -2.12. The average Bonchev–Trinajstić information content (AvgIpc) is 3.42. The monoisotopic (exact) mass is 448 g/mol. The number of benzene rings is 2. The van der Waals surface area contributed by atoms with Crippen molar-refractivity contribution in [1.29, 1.82) is 0 Å². The van der Waals surface area contributed by atoms with Crippen molar-refractivity contribution in [2.24, 2.45) is 13.0 Å². The summed E-state index contributed by atoms with van der Waals surface area (Å²) in [6, 6.07) is 15.1. The van der Waals surface area contributed by atoms with Crippen molar-refractivity contribution in [3.8, 4) is 22.4 Å². The highest BCUT2D eigenvalue weighted by atomic mass is 15.3. The van der Waals surface area contributed by atoms with Gasteiger partial charge in [0.25, 0.3) is 0 Å². The van der Waals surface area contributed by atoms with Crippen molar-refractivity contribution in [1.82, 2.24) is 24.3 Å². The van der Waals surface area contributed by atoms with Gasteiger partial charge in [-0.3, -0.25) is 4.68 Å². The van der Waals surface area contributed by atoms with Gasteiger partial charge in [0.2, 0.25) is 0 Å². The fourth-order valence-corrected chi connectivity index (χ4v) is 4.44. The lowest BCUT2D eigenvalue weighted by atomic mass is 10.0. The molecule has 0 aliphatic heterocycles. The lowest BCUT2D eigenvalue weighted by molar-refractivity contribution is 0.563. The van der Waals surface area contributed by atoms with E-state index >= 15 is 0 Å². The number of hydrogen-bond donors (Lipinski definition) is 1. The van der Waals surface area contributed by atoms with Gasteiger partial charge in [0.15, 0.2) is 0 Å². The number of aromatic nitrogens is 5. The first-order chi connectivity index (χ1) is 16.5. The summed E-state index contributed by atoms with van der Waals surface area (Å²) in [5.41, 5.74) is 6.82. The van der Waals surface area contributed by atoms with Crippen molar-refractivity contribution in [3.63, 3.8) is 0 Å². The van der Waals surface area contributed by atoms with Gasteiger partial charge in [0.05, 0.1) is 18.1 Å². The predicted octanol–water partition coefficient (Wildman–Crippen LogP) is 6.27. The molecule has 2 aromatic carbocycles. The maximum Gasteiger partial charge on any atom is 0.130 e. The Hall–Kier alpha value is -3.93. The summed E-state index contributed by atoms with van der Waals surface area (Å²) < 4.78 is 4.19. The van der Waals surface area contributed by atoms with E-state index in [0.29, 0.717) is 0 Å². The smallest absolute Gasteiger partial charge is 0.130 e. The molecule has 6 heteroatoms. The Labute approximate surface area is 199 Å². The van der Waals surface area contributed by atoms with E-state index in [1.165, 1.54) is 18.4 Å². The summed E-state index contributed by atoms with van der Waals surface area (Å²) in [5.74, 6) is 2.65. The van der Waals surface area contributed by atoms with Gasteiger partial charge >= 0.3 is 0 Å². The average molecular weight is 449 g/mol. The van der Waals surface area contributed by atoms with Gasteiger partial charge in [0.1, 0.15) is 11.6 Å². The first kappa shape index (κ1) is 20.7. The number of hydrogen-bond acceptors (Lipinski definition) is 4. The van der Waals surface area contributed by atoms with Crippen molar-refractivity contribution in [3.05, 3.63) is 78.6 Å². The number of aryl methyl sites for hydroxylation is 2. The largest absolute Gasteiger partial charge is 0.340 e. The number of nitrogens with zero attached hydrogens (tertiary/aromatic N) is 5. The van der Waals surface area contributed by atoms with Crippen LogP contribution in [0.1, 0.15) is 24.2 Å². The molecule has 0 amide bonds. The van der Waals surface area contributed by atoms with Crippen molar-refractivity contribution in [2.45, 2.75) is 33.2 Å². The molecule has 1 aliphatic rings. The van der Waals surface area contributed by atoms with Crippen LogP contribution in [0.4, 0.5) is 11.5 Å². The molecule has 6 nitrogen and oxygen atoms in total. The quantitative estimate of drug-likeness (QED) is 0.333. The van der Waals surface area contributed by atoms with E-state index in [9.17, 15) is 0 Å². The number of nitrogens with one attached hydrogen (secondary N) is 1. The number of anilines is 2. The zero-order valence-electron chi connectivity index (χ0n) is 19.8. The van der Waals surface area contributed by atoms with Crippen LogP contribution < -0.4 is 5.32 Å². The number of fused-ring (bicyclic) bond motifs is 1. The topological polar surface area (TPSA) is 60.6 Å². The van der Waals surface area contributed by atoms with Crippen LogP contribution >= 0.6 is 0 Å². The van der Waals surface area contributed by atoms with Gasteiger partial charge in [-0.1, -0.05) is 18.2 Å². The van der Waals surface area contributed by atoms with E-state index in [1.54, 1.807) is 0 Å². The van der Waals surface area contributed by atoms with E-state index in [4.69, 9.17) is 0 Å². The minimum Gasteiger partial charge on any atom is -0.340 e. The molecule has 3 aromatic heterocycles. The molecular weight excluding hydrogens is 420 g/mol. The highest BCUT2D eigenvalue weighted by Gasteiger charge is 2.22. The highest BCUT2D eigenvalue weighted by molar-refractivity contribution is 5.89. The molecule has 0 unspecified atom stereocenters. The van der Waals surface area contributed by atoms with Crippen LogP contribution in [-0.2, 0) is 13.6 Å². The zero-order chi connectivity index (χ0) is 23.2. The second-order valence-electron chi connectivity index (χ2n) is 9.43. The SMILES string of the molecule is Cc1cc(-c2cnc(C)n2C)ccc1Nc1cc2cc(-c3cnn(CC4CC4)c3)ccc2cn1. The molecule has 170 valence electrons. The molecule has 0 atom stereocenters. The lowest BCUT2D eigenvalue weighted by Crippen LogP contribution is -1.99. The second kappa shape index (κ2) is 8.13. The fourth-order valence-electron chi connectivity index (χ4n) is 4.44. The molecule has 1 saturated carbocycles. The van der Waals surface area contributed by atoms with E-state index in [-0.39, 0.29) is 0 Å². The van der Waals surface area contributed by atoms with Gasteiger partial charge in [-0.05, 0) is 73.4 Å². The Kier molecular flexibility index (Phi) is 4.94. The Morgan fingerprint density at radius 3 is 2.50 bits per heavy atom. The van der Waals surface area contributed by atoms with Crippen LogP contribution in [-0.4, -0.2) is 24.3 Å². The Morgan fingerprint density at radius 2 is 1.74 bits per heavy atom. The number of imidazole rings is 1. The van der Waals surface area contributed by atoms with Crippen LogP contribution in [0, 0.1) is 19.8 Å². The van der Waals surface area contributed by atoms with E-state index < -0.39 is 0 Å². The minimum atomic E-state index is 0.815. The summed E-state index contributed by atoms with van der Waals surface area (Å²) in [7, 11) is 2.05. The molecule has 6 rings (SSSR count). The molecule has 3 heterocycles. The third-order valence-corrected chi connectivity index (χ3v) is 6.84. The van der Waals surface area contributed by atoms with E-state index in [2.05, 4.69) is 85.2 Å². The summed E-state index contributed by atoms with van der Waals surface area (Å²) in [5, 5.41) is 10.3. The van der Waals surface area contributed by atoms with Gasteiger partial charge < -0.3 is 9.88 Å². The van der Waals surface area contributed by atoms with Crippen molar-refractivity contribution in [2.75, 3.05) is 5.32 Å². The number of pyridine rings is 1. The molecular formula is C28H28N6.